The van der Waals surface area contributed by atoms with Crippen molar-refractivity contribution in [2.45, 2.75) is 6.92 Å². The molecule has 0 bridgehead atoms. The number of H-pyrrole nitrogens is 1. The smallest absolute Gasteiger partial charge is 0.231 e. The highest BCUT2D eigenvalue weighted by atomic mass is 32.1. The Kier molecular flexibility index (Phi) is 2.39. The molecule has 1 N–H and O–H groups in total. The van der Waals surface area contributed by atoms with Crippen molar-refractivity contribution >= 4 is 12.2 Å². The Morgan fingerprint density at radius 2 is 2.50 bits per heavy atom. The largest absolute Gasteiger partial charge is 0.477 e. The lowest BCUT2D eigenvalue weighted by molar-refractivity contribution is 0.322. The first-order valence-corrected chi connectivity index (χ1v) is 3.42. The molecule has 0 spiro atoms. The van der Waals surface area contributed by atoms with Crippen molar-refractivity contribution in [2.24, 2.45) is 0 Å². The molecule has 0 saturated heterocycles. The van der Waals surface area contributed by atoms with E-state index in [0.717, 1.165) is 0 Å². The lowest BCUT2D eigenvalue weighted by Gasteiger charge is -1.97. The Morgan fingerprint density at radius 3 is 3.00 bits per heavy atom. The maximum atomic E-state index is 5.07. The molecule has 0 aliphatic rings. The van der Waals surface area contributed by atoms with E-state index in [0.29, 0.717) is 17.1 Å². The summed E-state index contributed by atoms with van der Waals surface area (Å²) < 4.78 is 5.69. The van der Waals surface area contributed by atoms with E-state index >= 15 is 0 Å². The highest BCUT2D eigenvalue weighted by Gasteiger charge is 1.88. The molecular weight excluding hydrogens is 148 g/mol. The second kappa shape index (κ2) is 3.31. The molecule has 0 aromatic carbocycles. The van der Waals surface area contributed by atoms with Crippen LogP contribution in [0.1, 0.15) is 6.92 Å². The molecule has 1 heterocycles. The molecule has 0 unspecified atom stereocenters. The van der Waals surface area contributed by atoms with Gasteiger partial charge in [0.1, 0.15) is 4.64 Å². The lowest BCUT2D eigenvalue weighted by atomic mass is 10.6. The van der Waals surface area contributed by atoms with E-state index in [1.807, 2.05) is 6.92 Å². The van der Waals surface area contributed by atoms with Crippen LogP contribution >= 0.6 is 12.2 Å². The fourth-order valence-corrected chi connectivity index (χ4v) is 0.674. The van der Waals surface area contributed by atoms with Gasteiger partial charge in [-0.15, -0.1) is 5.10 Å². The number of aromatic nitrogens is 2. The lowest BCUT2D eigenvalue weighted by Crippen LogP contribution is -1.94. The second-order valence-electron chi connectivity index (χ2n) is 1.69. The van der Waals surface area contributed by atoms with Gasteiger partial charge in [-0.1, -0.05) is 12.2 Å². The van der Waals surface area contributed by atoms with Crippen molar-refractivity contribution < 1.29 is 4.74 Å². The highest BCUT2D eigenvalue weighted by Crippen LogP contribution is 2.00. The summed E-state index contributed by atoms with van der Waals surface area (Å²) in [5.74, 6) is 0.580. The van der Waals surface area contributed by atoms with Crippen molar-refractivity contribution in [3.05, 3.63) is 16.8 Å². The molecule has 0 aliphatic heterocycles. The third-order valence-electron chi connectivity index (χ3n) is 0.946. The van der Waals surface area contributed by atoms with Crippen LogP contribution in [-0.4, -0.2) is 16.8 Å². The standard InChI is InChI=1S/C6H8N2OS/c1-2-9-5-3-4-6(10)8-7-5/h3-4H,2H2,1H3,(H,8,10). The number of hydrogen-bond acceptors (Lipinski definition) is 3. The van der Waals surface area contributed by atoms with Gasteiger partial charge in [0, 0.05) is 6.07 Å². The van der Waals surface area contributed by atoms with Gasteiger partial charge in [-0.05, 0) is 13.0 Å². The molecule has 1 aromatic heterocycles. The van der Waals surface area contributed by atoms with E-state index in [9.17, 15) is 0 Å². The Morgan fingerprint density at radius 1 is 1.70 bits per heavy atom. The molecule has 1 aromatic rings. The van der Waals surface area contributed by atoms with Gasteiger partial charge in [0.15, 0.2) is 0 Å². The monoisotopic (exact) mass is 156 g/mol. The molecule has 0 atom stereocenters. The molecule has 0 amide bonds. The summed E-state index contributed by atoms with van der Waals surface area (Å²) >= 11 is 4.78. The summed E-state index contributed by atoms with van der Waals surface area (Å²) in [5.41, 5.74) is 0. The minimum Gasteiger partial charge on any atom is -0.477 e. The van der Waals surface area contributed by atoms with Crippen molar-refractivity contribution in [1.82, 2.24) is 10.2 Å². The first kappa shape index (κ1) is 7.21. The SMILES string of the molecule is CCOc1ccc(=S)[nH]n1. The molecule has 0 radical (unpaired) electrons. The quantitative estimate of drug-likeness (QED) is 0.660. The number of nitrogens with one attached hydrogen (secondary N) is 1. The van der Waals surface area contributed by atoms with Gasteiger partial charge in [0.25, 0.3) is 0 Å². The van der Waals surface area contributed by atoms with Gasteiger partial charge in [-0.2, -0.15) is 0 Å². The second-order valence-corrected chi connectivity index (χ2v) is 2.13. The van der Waals surface area contributed by atoms with Crippen LogP contribution in [0.2, 0.25) is 0 Å². The topological polar surface area (TPSA) is 37.9 Å². The average molecular weight is 156 g/mol. The highest BCUT2D eigenvalue weighted by molar-refractivity contribution is 7.71. The summed E-state index contributed by atoms with van der Waals surface area (Å²) in [6.07, 6.45) is 0. The van der Waals surface area contributed by atoms with Crippen LogP contribution in [0.4, 0.5) is 0 Å². The number of nitrogens with zero attached hydrogens (tertiary/aromatic N) is 1. The number of hydrogen-bond donors (Lipinski definition) is 1. The summed E-state index contributed by atoms with van der Waals surface area (Å²) in [5, 5.41) is 6.44. The summed E-state index contributed by atoms with van der Waals surface area (Å²) in [4.78, 5) is 0. The zero-order valence-electron chi connectivity index (χ0n) is 5.63. The van der Waals surface area contributed by atoms with Crippen molar-refractivity contribution in [1.29, 1.82) is 0 Å². The van der Waals surface area contributed by atoms with Crippen LogP contribution in [-0.2, 0) is 0 Å². The summed E-state index contributed by atoms with van der Waals surface area (Å²) in [6, 6.07) is 3.48. The maximum absolute atomic E-state index is 5.07. The average Bonchev–Trinajstić information content (AvgIpc) is 1.95. The van der Waals surface area contributed by atoms with E-state index in [1.54, 1.807) is 12.1 Å². The Bertz CT molecular complexity index is 238. The third kappa shape index (κ3) is 1.80. The van der Waals surface area contributed by atoms with Crippen LogP contribution in [0, 0.1) is 4.64 Å². The zero-order chi connectivity index (χ0) is 7.40. The van der Waals surface area contributed by atoms with Crippen molar-refractivity contribution in [2.75, 3.05) is 6.61 Å². The third-order valence-corrected chi connectivity index (χ3v) is 1.17. The Labute approximate surface area is 64.0 Å². The Balaban J connectivity index is 2.79. The maximum Gasteiger partial charge on any atom is 0.231 e. The van der Waals surface area contributed by atoms with Gasteiger partial charge < -0.3 is 4.74 Å². The van der Waals surface area contributed by atoms with E-state index in [2.05, 4.69) is 10.2 Å². The molecule has 0 aliphatic carbocycles. The fourth-order valence-electron chi connectivity index (χ4n) is 0.560. The molecule has 1 rings (SSSR count). The number of aromatic amines is 1. The van der Waals surface area contributed by atoms with Crippen LogP contribution in [0.15, 0.2) is 12.1 Å². The normalized spacial score (nSPS) is 9.30. The molecule has 0 saturated carbocycles. The predicted molar refractivity (Wildman–Crippen MR) is 40.6 cm³/mol. The molecule has 4 heteroatoms. The van der Waals surface area contributed by atoms with Crippen molar-refractivity contribution in [3.8, 4) is 5.88 Å². The van der Waals surface area contributed by atoms with Crippen molar-refractivity contribution in [3.63, 3.8) is 0 Å². The molecular formula is C6H8N2OS. The van der Waals surface area contributed by atoms with E-state index in [1.165, 1.54) is 0 Å². The van der Waals surface area contributed by atoms with Gasteiger partial charge in [0.2, 0.25) is 5.88 Å². The van der Waals surface area contributed by atoms with Gasteiger partial charge in [-0.25, -0.2) is 0 Å². The van der Waals surface area contributed by atoms with Crippen LogP contribution in [0.5, 0.6) is 5.88 Å². The van der Waals surface area contributed by atoms with E-state index in [4.69, 9.17) is 17.0 Å². The Hall–Kier alpha value is -0.900. The van der Waals surface area contributed by atoms with Gasteiger partial charge in [-0.3, -0.25) is 5.10 Å². The summed E-state index contributed by atoms with van der Waals surface area (Å²) in [6.45, 7) is 2.53. The van der Waals surface area contributed by atoms with Crippen LogP contribution in [0.25, 0.3) is 0 Å². The summed E-state index contributed by atoms with van der Waals surface area (Å²) in [7, 11) is 0. The first-order chi connectivity index (χ1) is 4.83. The van der Waals surface area contributed by atoms with E-state index in [-0.39, 0.29) is 0 Å². The zero-order valence-corrected chi connectivity index (χ0v) is 6.44. The number of ether oxygens (including phenoxy) is 1. The fraction of sp³-hybridized carbons (Fsp3) is 0.333. The first-order valence-electron chi connectivity index (χ1n) is 3.01. The minimum absolute atomic E-state index is 0.580. The van der Waals surface area contributed by atoms with E-state index < -0.39 is 0 Å². The molecule has 0 fully saturated rings. The predicted octanol–water partition coefficient (Wildman–Crippen LogP) is 1.54. The van der Waals surface area contributed by atoms with Gasteiger partial charge >= 0.3 is 0 Å². The molecule has 3 nitrogen and oxygen atoms in total. The van der Waals surface area contributed by atoms with Crippen LogP contribution in [0.3, 0.4) is 0 Å². The van der Waals surface area contributed by atoms with Gasteiger partial charge in [0.05, 0.1) is 6.61 Å². The van der Waals surface area contributed by atoms with Crippen LogP contribution < -0.4 is 4.74 Å². The molecule has 54 valence electrons. The number of rotatable bonds is 2. The molecule has 10 heavy (non-hydrogen) atoms. The minimum atomic E-state index is 0.580.